The largest absolute Gasteiger partial charge is 0.486 e. The standard InChI is InChI=1S/C23H21ClN2O5S/c24-17-7-6-8-18(13-17)26(32(28,29)20-9-2-1-3-10-20)15-23(27)25-14-19-16-30-21-11-4-5-12-22(21)31-19/h1-13,19H,14-16H2,(H,25,27)/t19-/m0/s1. The van der Waals surface area contributed by atoms with Crippen molar-refractivity contribution < 1.29 is 22.7 Å². The van der Waals surface area contributed by atoms with Gasteiger partial charge in [0.05, 0.1) is 17.1 Å². The van der Waals surface area contributed by atoms with Gasteiger partial charge in [0.25, 0.3) is 10.0 Å². The van der Waals surface area contributed by atoms with Crippen LogP contribution >= 0.6 is 11.6 Å². The Balaban J connectivity index is 1.48. The third-order valence-corrected chi connectivity index (χ3v) is 6.83. The molecule has 0 aliphatic carbocycles. The van der Waals surface area contributed by atoms with Gasteiger partial charge in [-0.05, 0) is 42.5 Å². The molecule has 1 aliphatic rings. The number of sulfonamides is 1. The summed E-state index contributed by atoms with van der Waals surface area (Å²) in [5, 5.41) is 3.10. The highest BCUT2D eigenvalue weighted by molar-refractivity contribution is 7.92. The summed E-state index contributed by atoms with van der Waals surface area (Å²) < 4.78 is 39.1. The Labute approximate surface area is 191 Å². The zero-order valence-electron chi connectivity index (χ0n) is 17.0. The van der Waals surface area contributed by atoms with Crippen molar-refractivity contribution in [1.29, 1.82) is 0 Å². The van der Waals surface area contributed by atoms with Crippen molar-refractivity contribution in [3.8, 4) is 11.5 Å². The van der Waals surface area contributed by atoms with Crippen LogP contribution in [0.15, 0.2) is 83.8 Å². The van der Waals surface area contributed by atoms with Crippen molar-refractivity contribution in [2.24, 2.45) is 0 Å². The molecule has 9 heteroatoms. The van der Waals surface area contributed by atoms with Gasteiger partial charge in [-0.1, -0.05) is 48.0 Å². The molecule has 4 rings (SSSR count). The van der Waals surface area contributed by atoms with Crippen LogP contribution < -0.4 is 19.1 Å². The van der Waals surface area contributed by atoms with Gasteiger partial charge in [0.15, 0.2) is 11.5 Å². The molecule has 166 valence electrons. The van der Waals surface area contributed by atoms with Gasteiger partial charge >= 0.3 is 0 Å². The molecule has 0 bridgehead atoms. The van der Waals surface area contributed by atoms with Gasteiger partial charge < -0.3 is 14.8 Å². The molecule has 0 saturated heterocycles. The van der Waals surface area contributed by atoms with Crippen LogP contribution in [0.4, 0.5) is 5.69 Å². The Morgan fingerprint density at radius 2 is 1.72 bits per heavy atom. The van der Waals surface area contributed by atoms with Crippen LogP contribution in [0.2, 0.25) is 5.02 Å². The summed E-state index contributed by atoms with van der Waals surface area (Å²) in [5.41, 5.74) is 0.294. The van der Waals surface area contributed by atoms with Gasteiger partial charge in [0.1, 0.15) is 19.3 Å². The average molecular weight is 473 g/mol. The number of hydrogen-bond donors (Lipinski definition) is 1. The highest BCUT2D eigenvalue weighted by atomic mass is 35.5. The van der Waals surface area contributed by atoms with E-state index in [4.69, 9.17) is 21.1 Å². The van der Waals surface area contributed by atoms with Crippen LogP contribution in [0, 0.1) is 0 Å². The number of ether oxygens (including phenoxy) is 2. The lowest BCUT2D eigenvalue weighted by atomic mass is 10.2. The first-order valence-corrected chi connectivity index (χ1v) is 11.7. The number of nitrogens with zero attached hydrogens (tertiary/aromatic N) is 1. The smallest absolute Gasteiger partial charge is 0.264 e. The zero-order valence-corrected chi connectivity index (χ0v) is 18.6. The van der Waals surface area contributed by atoms with E-state index >= 15 is 0 Å². The number of anilines is 1. The van der Waals surface area contributed by atoms with E-state index in [-0.39, 0.29) is 24.2 Å². The van der Waals surface area contributed by atoms with E-state index in [0.717, 1.165) is 4.31 Å². The van der Waals surface area contributed by atoms with E-state index < -0.39 is 22.5 Å². The quantitative estimate of drug-likeness (QED) is 0.569. The number of benzene rings is 3. The summed E-state index contributed by atoms with van der Waals surface area (Å²) in [6, 6.07) is 21.6. The molecule has 32 heavy (non-hydrogen) atoms. The molecule has 1 aliphatic heterocycles. The second kappa shape index (κ2) is 9.50. The normalized spacial score (nSPS) is 15.1. The summed E-state index contributed by atoms with van der Waals surface area (Å²) >= 11 is 6.07. The van der Waals surface area contributed by atoms with Crippen molar-refractivity contribution in [1.82, 2.24) is 5.32 Å². The molecule has 0 radical (unpaired) electrons. The number of amides is 1. The Bertz CT molecular complexity index is 1200. The van der Waals surface area contributed by atoms with Gasteiger partial charge in [0, 0.05) is 5.02 Å². The topological polar surface area (TPSA) is 84.9 Å². The van der Waals surface area contributed by atoms with Gasteiger partial charge in [0.2, 0.25) is 5.91 Å². The molecule has 0 unspecified atom stereocenters. The van der Waals surface area contributed by atoms with Crippen LogP contribution in [-0.4, -0.2) is 40.1 Å². The third-order valence-electron chi connectivity index (χ3n) is 4.81. The van der Waals surface area contributed by atoms with Crippen LogP contribution in [-0.2, 0) is 14.8 Å². The number of para-hydroxylation sites is 2. The molecule has 1 atom stereocenters. The van der Waals surface area contributed by atoms with Crippen molar-refractivity contribution >= 4 is 33.2 Å². The monoisotopic (exact) mass is 472 g/mol. The van der Waals surface area contributed by atoms with E-state index in [9.17, 15) is 13.2 Å². The number of carbonyl (C=O) groups is 1. The first-order chi connectivity index (χ1) is 15.4. The molecule has 0 aromatic heterocycles. The van der Waals surface area contributed by atoms with Crippen LogP contribution in [0.3, 0.4) is 0 Å². The van der Waals surface area contributed by atoms with Gasteiger partial charge in [-0.2, -0.15) is 0 Å². The van der Waals surface area contributed by atoms with Gasteiger partial charge in [-0.3, -0.25) is 9.10 Å². The molecule has 0 spiro atoms. The highest BCUT2D eigenvalue weighted by Crippen LogP contribution is 2.30. The molecule has 1 amide bonds. The van der Waals surface area contributed by atoms with Gasteiger partial charge in [-0.25, -0.2) is 8.42 Å². The van der Waals surface area contributed by atoms with E-state index in [2.05, 4.69) is 5.32 Å². The molecule has 7 nitrogen and oxygen atoms in total. The van der Waals surface area contributed by atoms with E-state index in [1.165, 1.54) is 18.2 Å². The zero-order chi connectivity index (χ0) is 22.6. The summed E-state index contributed by atoms with van der Waals surface area (Å²) in [4.78, 5) is 12.8. The second-order valence-corrected chi connectivity index (χ2v) is 9.41. The van der Waals surface area contributed by atoms with Crippen molar-refractivity contribution in [2.45, 2.75) is 11.0 Å². The maximum absolute atomic E-state index is 13.3. The summed E-state index contributed by atoms with van der Waals surface area (Å²) in [7, 11) is -3.99. The first kappa shape index (κ1) is 22.0. The average Bonchev–Trinajstić information content (AvgIpc) is 2.81. The van der Waals surface area contributed by atoms with E-state index in [0.29, 0.717) is 22.2 Å². The number of rotatable bonds is 7. The second-order valence-electron chi connectivity index (χ2n) is 7.11. The highest BCUT2D eigenvalue weighted by Gasteiger charge is 2.28. The number of fused-ring (bicyclic) bond motifs is 1. The summed E-state index contributed by atoms with van der Waals surface area (Å²) in [6.07, 6.45) is -0.390. The molecule has 3 aromatic carbocycles. The maximum atomic E-state index is 13.3. The SMILES string of the molecule is O=C(CN(c1cccc(Cl)c1)S(=O)(=O)c1ccccc1)NC[C@H]1COc2ccccc2O1. The molecular weight excluding hydrogens is 452 g/mol. The minimum Gasteiger partial charge on any atom is -0.486 e. The lowest BCUT2D eigenvalue weighted by molar-refractivity contribution is -0.120. The number of halogens is 1. The van der Waals surface area contributed by atoms with Crippen LogP contribution in [0.5, 0.6) is 11.5 Å². The number of nitrogens with one attached hydrogen (secondary N) is 1. The number of carbonyl (C=O) groups excluding carboxylic acids is 1. The fourth-order valence-electron chi connectivity index (χ4n) is 3.24. The Morgan fingerprint density at radius 3 is 2.47 bits per heavy atom. The Kier molecular flexibility index (Phi) is 6.53. The van der Waals surface area contributed by atoms with Crippen molar-refractivity contribution in [2.75, 3.05) is 24.0 Å². The lowest BCUT2D eigenvalue weighted by Gasteiger charge is -2.27. The lowest BCUT2D eigenvalue weighted by Crippen LogP contribution is -2.45. The minimum absolute atomic E-state index is 0.0772. The summed E-state index contributed by atoms with van der Waals surface area (Å²) in [6.45, 7) is 0.0291. The fraction of sp³-hybridized carbons (Fsp3) is 0.174. The fourth-order valence-corrected chi connectivity index (χ4v) is 4.86. The molecule has 1 heterocycles. The summed E-state index contributed by atoms with van der Waals surface area (Å²) in [5.74, 6) is 0.772. The number of hydrogen-bond acceptors (Lipinski definition) is 5. The van der Waals surface area contributed by atoms with Crippen LogP contribution in [0.25, 0.3) is 0 Å². The predicted molar refractivity (Wildman–Crippen MR) is 122 cm³/mol. The molecule has 0 saturated carbocycles. The van der Waals surface area contributed by atoms with Crippen LogP contribution in [0.1, 0.15) is 0 Å². The molecular formula is C23H21ClN2O5S. The van der Waals surface area contributed by atoms with Crippen molar-refractivity contribution in [3.05, 3.63) is 83.9 Å². The molecule has 1 N–H and O–H groups in total. The maximum Gasteiger partial charge on any atom is 0.264 e. The first-order valence-electron chi connectivity index (χ1n) is 9.92. The minimum atomic E-state index is -3.99. The predicted octanol–water partition coefficient (Wildman–Crippen LogP) is 3.49. The van der Waals surface area contributed by atoms with Crippen molar-refractivity contribution in [3.63, 3.8) is 0 Å². The molecule has 3 aromatic rings. The van der Waals surface area contributed by atoms with E-state index in [1.54, 1.807) is 48.5 Å². The Morgan fingerprint density at radius 1 is 1.00 bits per heavy atom. The van der Waals surface area contributed by atoms with E-state index in [1.807, 2.05) is 12.1 Å². The molecule has 0 fully saturated rings. The Hall–Kier alpha value is -3.23. The van der Waals surface area contributed by atoms with Gasteiger partial charge in [-0.15, -0.1) is 0 Å². The third kappa shape index (κ3) is 4.98.